The van der Waals surface area contributed by atoms with Gasteiger partial charge in [0, 0.05) is 24.8 Å². The van der Waals surface area contributed by atoms with Gasteiger partial charge < -0.3 is 4.90 Å². The van der Waals surface area contributed by atoms with Gasteiger partial charge in [0.15, 0.2) is 0 Å². The molecule has 0 bridgehead atoms. The average molecular weight is 207 g/mol. The minimum atomic E-state index is -0.0321. The molecule has 1 aromatic heterocycles. The average Bonchev–Trinajstić information content (AvgIpc) is 2.70. The molecular formula is C11H17N3O. The number of nitrogens with zero attached hydrogens (tertiary/aromatic N) is 2. The van der Waals surface area contributed by atoms with Crippen LogP contribution in [0.1, 0.15) is 31.9 Å². The molecule has 1 aliphatic heterocycles. The second-order valence-corrected chi connectivity index (χ2v) is 4.00. The minimum Gasteiger partial charge on any atom is -0.342 e. The maximum absolute atomic E-state index is 11.4. The fraction of sp³-hybridized carbons (Fsp3) is 0.636. The Labute approximate surface area is 89.3 Å². The fourth-order valence-electron chi connectivity index (χ4n) is 1.96. The van der Waals surface area contributed by atoms with Crippen molar-refractivity contribution in [3.63, 3.8) is 0 Å². The Bertz CT molecular complexity index is 380. The van der Waals surface area contributed by atoms with Gasteiger partial charge in [-0.3, -0.25) is 9.78 Å². The Kier molecular flexibility index (Phi) is 3.04. The van der Waals surface area contributed by atoms with Crippen LogP contribution in [0.2, 0.25) is 0 Å². The monoisotopic (exact) mass is 207 g/mol. The van der Waals surface area contributed by atoms with Gasteiger partial charge in [-0.15, -0.1) is 0 Å². The summed E-state index contributed by atoms with van der Waals surface area (Å²) in [5.41, 5.74) is 0.874. The van der Waals surface area contributed by atoms with Crippen LogP contribution in [0.25, 0.3) is 0 Å². The van der Waals surface area contributed by atoms with Gasteiger partial charge >= 0.3 is 0 Å². The second kappa shape index (κ2) is 4.47. The third-order valence-electron chi connectivity index (χ3n) is 2.69. The maximum atomic E-state index is 11.4. The van der Waals surface area contributed by atoms with Gasteiger partial charge in [0.2, 0.25) is 5.95 Å². The maximum Gasteiger partial charge on any atom is 0.252 e. The summed E-state index contributed by atoms with van der Waals surface area (Å²) in [6.07, 6.45) is 4.30. The smallest absolute Gasteiger partial charge is 0.252 e. The standard InChI is InChI=1S/C11H17N3O/c1-2-5-9-8-10(15)13-11(12-9)14-6-3-4-7-14/h8H,2-7H2,1H3,(H,12,13,15). The Morgan fingerprint density at radius 1 is 1.47 bits per heavy atom. The lowest BCUT2D eigenvalue weighted by atomic mass is 10.2. The summed E-state index contributed by atoms with van der Waals surface area (Å²) >= 11 is 0. The number of aromatic amines is 1. The highest BCUT2D eigenvalue weighted by Crippen LogP contribution is 2.14. The minimum absolute atomic E-state index is 0.0321. The third kappa shape index (κ3) is 2.37. The van der Waals surface area contributed by atoms with Gasteiger partial charge in [-0.1, -0.05) is 13.3 Å². The molecule has 1 N–H and O–H groups in total. The van der Waals surface area contributed by atoms with Gasteiger partial charge in [0.05, 0.1) is 0 Å². The van der Waals surface area contributed by atoms with Crippen LogP contribution in [-0.4, -0.2) is 23.1 Å². The molecule has 4 heteroatoms. The van der Waals surface area contributed by atoms with Gasteiger partial charge in [-0.25, -0.2) is 4.98 Å². The largest absolute Gasteiger partial charge is 0.342 e. The molecule has 0 aliphatic carbocycles. The van der Waals surface area contributed by atoms with Crippen LogP contribution in [0.4, 0.5) is 5.95 Å². The first-order valence-corrected chi connectivity index (χ1v) is 5.65. The Morgan fingerprint density at radius 2 is 2.20 bits per heavy atom. The van der Waals surface area contributed by atoms with Crippen LogP contribution in [-0.2, 0) is 6.42 Å². The SMILES string of the molecule is CCCc1cc(=O)[nH]c(N2CCCC2)n1. The fourth-order valence-corrected chi connectivity index (χ4v) is 1.96. The van der Waals surface area contributed by atoms with Crippen molar-refractivity contribution in [3.8, 4) is 0 Å². The highest BCUT2D eigenvalue weighted by Gasteiger charge is 2.14. The molecule has 0 amide bonds. The molecule has 4 nitrogen and oxygen atoms in total. The number of aromatic nitrogens is 2. The highest BCUT2D eigenvalue weighted by atomic mass is 16.1. The van der Waals surface area contributed by atoms with E-state index in [1.54, 1.807) is 6.07 Å². The number of rotatable bonds is 3. The van der Waals surface area contributed by atoms with Crippen LogP contribution < -0.4 is 10.5 Å². The molecular weight excluding hydrogens is 190 g/mol. The lowest BCUT2D eigenvalue weighted by Gasteiger charge is -2.15. The van der Waals surface area contributed by atoms with Crippen LogP contribution in [0.5, 0.6) is 0 Å². The molecule has 1 aliphatic rings. The third-order valence-corrected chi connectivity index (χ3v) is 2.69. The van der Waals surface area contributed by atoms with Gasteiger partial charge in [0.1, 0.15) is 0 Å². The molecule has 2 heterocycles. The number of aryl methyl sites for hydroxylation is 1. The molecule has 0 saturated carbocycles. The van der Waals surface area contributed by atoms with E-state index in [9.17, 15) is 4.79 Å². The number of anilines is 1. The lowest BCUT2D eigenvalue weighted by molar-refractivity contribution is 0.830. The molecule has 0 atom stereocenters. The normalized spacial score (nSPS) is 15.9. The van der Waals surface area contributed by atoms with E-state index >= 15 is 0 Å². The molecule has 2 rings (SSSR count). The Balaban J connectivity index is 2.26. The number of nitrogens with one attached hydrogen (secondary N) is 1. The van der Waals surface area contributed by atoms with Crippen molar-refractivity contribution in [1.82, 2.24) is 9.97 Å². The summed E-state index contributed by atoms with van der Waals surface area (Å²) < 4.78 is 0. The zero-order chi connectivity index (χ0) is 10.7. The summed E-state index contributed by atoms with van der Waals surface area (Å²) in [5.74, 6) is 0.753. The summed E-state index contributed by atoms with van der Waals surface area (Å²) in [5, 5.41) is 0. The number of hydrogen-bond acceptors (Lipinski definition) is 3. The zero-order valence-electron chi connectivity index (χ0n) is 9.12. The van der Waals surface area contributed by atoms with E-state index in [0.29, 0.717) is 0 Å². The van der Waals surface area contributed by atoms with E-state index in [4.69, 9.17) is 0 Å². The van der Waals surface area contributed by atoms with E-state index < -0.39 is 0 Å². The van der Waals surface area contributed by atoms with E-state index in [1.807, 2.05) is 0 Å². The second-order valence-electron chi connectivity index (χ2n) is 4.00. The Hall–Kier alpha value is -1.32. The lowest BCUT2D eigenvalue weighted by Crippen LogP contribution is -2.24. The zero-order valence-corrected chi connectivity index (χ0v) is 9.12. The molecule has 0 unspecified atom stereocenters. The molecule has 0 aromatic carbocycles. The number of hydrogen-bond donors (Lipinski definition) is 1. The first-order chi connectivity index (χ1) is 7.29. The van der Waals surface area contributed by atoms with E-state index in [-0.39, 0.29) is 5.56 Å². The summed E-state index contributed by atoms with van der Waals surface area (Å²) in [4.78, 5) is 20.9. The molecule has 1 saturated heterocycles. The van der Waals surface area contributed by atoms with Gasteiger partial charge in [-0.2, -0.15) is 0 Å². The van der Waals surface area contributed by atoms with E-state index in [2.05, 4.69) is 21.8 Å². The van der Waals surface area contributed by atoms with E-state index in [0.717, 1.165) is 37.6 Å². The first-order valence-electron chi connectivity index (χ1n) is 5.65. The van der Waals surface area contributed by atoms with Crippen molar-refractivity contribution in [1.29, 1.82) is 0 Å². The molecule has 82 valence electrons. The van der Waals surface area contributed by atoms with Crippen LogP contribution in [0, 0.1) is 0 Å². The van der Waals surface area contributed by atoms with Gasteiger partial charge in [0.25, 0.3) is 5.56 Å². The quantitative estimate of drug-likeness (QED) is 0.813. The van der Waals surface area contributed by atoms with Crippen molar-refractivity contribution in [2.45, 2.75) is 32.6 Å². The van der Waals surface area contributed by atoms with Crippen molar-refractivity contribution in [2.24, 2.45) is 0 Å². The predicted molar refractivity (Wildman–Crippen MR) is 60.3 cm³/mol. The van der Waals surface area contributed by atoms with Crippen LogP contribution in [0.15, 0.2) is 10.9 Å². The Morgan fingerprint density at radius 3 is 2.87 bits per heavy atom. The summed E-state index contributed by atoms with van der Waals surface area (Å²) in [6, 6.07) is 1.60. The van der Waals surface area contributed by atoms with Gasteiger partial charge in [-0.05, 0) is 19.3 Å². The van der Waals surface area contributed by atoms with Crippen molar-refractivity contribution in [2.75, 3.05) is 18.0 Å². The number of H-pyrrole nitrogens is 1. The molecule has 0 radical (unpaired) electrons. The van der Waals surface area contributed by atoms with Crippen molar-refractivity contribution >= 4 is 5.95 Å². The highest BCUT2D eigenvalue weighted by molar-refractivity contribution is 5.31. The predicted octanol–water partition coefficient (Wildman–Crippen LogP) is 1.32. The summed E-state index contributed by atoms with van der Waals surface area (Å²) in [7, 11) is 0. The molecule has 0 spiro atoms. The summed E-state index contributed by atoms with van der Waals surface area (Å²) in [6.45, 7) is 4.12. The van der Waals surface area contributed by atoms with Crippen molar-refractivity contribution < 1.29 is 0 Å². The van der Waals surface area contributed by atoms with Crippen LogP contribution in [0.3, 0.4) is 0 Å². The van der Waals surface area contributed by atoms with E-state index in [1.165, 1.54) is 12.8 Å². The molecule has 15 heavy (non-hydrogen) atoms. The topological polar surface area (TPSA) is 49.0 Å². The van der Waals surface area contributed by atoms with Crippen molar-refractivity contribution in [3.05, 3.63) is 22.1 Å². The molecule has 1 fully saturated rings. The molecule has 1 aromatic rings. The van der Waals surface area contributed by atoms with Crippen LogP contribution >= 0.6 is 0 Å². The first kappa shape index (κ1) is 10.2.